The highest BCUT2D eigenvalue weighted by molar-refractivity contribution is 9.10. The van der Waals surface area contributed by atoms with Crippen molar-refractivity contribution >= 4 is 32.9 Å². The van der Waals surface area contributed by atoms with Gasteiger partial charge in [-0.2, -0.15) is 0 Å². The number of hydrogen-bond donors (Lipinski definition) is 0. The number of pyridine rings is 1. The molecule has 2 aromatic rings. The molecule has 136 valence electrons. The SMILES string of the molecule is CCOc1ccc([C@H]2[C@H](c3ccccn3)N=C3SC[C@@H](CC)N32)cc1Br. The van der Waals surface area contributed by atoms with Gasteiger partial charge in [0.15, 0.2) is 5.17 Å². The minimum Gasteiger partial charge on any atom is -0.493 e. The van der Waals surface area contributed by atoms with Gasteiger partial charge in [0.25, 0.3) is 0 Å². The lowest BCUT2D eigenvalue weighted by atomic mass is 9.95. The summed E-state index contributed by atoms with van der Waals surface area (Å²) >= 11 is 5.54. The van der Waals surface area contributed by atoms with E-state index in [9.17, 15) is 0 Å². The monoisotopic (exact) mass is 431 g/mol. The van der Waals surface area contributed by atoms with Crippen molar-refractivity contribution in [3.8, 4) is 5.75 Å². The second-order valence-corrected chi connectivity index (χ2v) is 8.30. The number of thioether (sulfide) groups is 1. The molecule has 4 rings (SSSR count). The van der Waals surface area contributed by atoms with Crippen molar-refractivity contribution in [2.45, 2.75) is 38.4 Å². The molecule has 0 saturated carbocycles. The van der Waals surface area contributed by atoms with Gasteiger partial charge in [-0.1, -0.05) is 30.8 Å². The van der Waals surface area contributed by atoms with Crippen molar-refractivity contribution in [1.29, 1.82) is 0 Å². The molecule has 2 aliphatic rings. The van der Waals surface area contributed by atoms with Crippen LogP contribution in [0.3, 0.4) is 0 Å². The standard InChI is InChI=1S/C20H22BrN3OS/c1-3-14-12-26-20-23-18(16-7-5-6-10-22-16)19(24(14)20)13-8-9-17(25-4-2)15(21)11-13/h5-11,14,18-19H,3-4,12H2,1-2H3/t14-,18+,19+/m1/s1. The number of benzene rings is 1. The second kappa shape index (κ2) is 7.61. The molecule has 0 bridgehead atoms. The Morgan fingerprint density at radius 3 is 2.85 bits per heavy atom. The average Bonchev–Trinajstić information content (AvgIpc) is 3.23. The third-order valence-electron chi connectivity index (χ3n) is 4.93. The summed E-state index contributed by atoms with van der Waals surface area (Å²) in [6.07, 6.45) is 2.98. The zero-order valence-corrected chi connectivity index (χ0v) is 17.3. The molecule has 0 N–H and O–H groups in total. The Morgan fingerprint density at radius 2 is 2.15 bits per heavy atom. The van der Waals surface area contributed by atoms with Crippen molar-refractivity contribution in [3.63, 3.8) is 0 Å². The van der Waals surface area contributed by atoms with Gasteiger partial charge in [0, 0.05) is 18.0 Å². The van der Waals surface area contributed by atoms with Gasteiger partial charge in [-0.15, -0.1) is 0 Å². The van der Waals surface area contributed by atoms with Crippen LogP contribution in [0.15, 0.2) is 52.1 Å². The molecule has 0 amide bonds. The van der Waals surface area contributed by atoms with Crippen LogP contribution >= 0.6 is 27.7 Å². The van der Waals surface area contributed by atoms with E-state index >= 15 is 0 Å². The van der Waals surface area contributed by atoms with Crippen molar-refractivity contribution in [3.05, 3.63) is 58.3 Å². The number of halogens is 1. The number of fused-ring (bicyclic) bond motifs is 1. The number of rotatable bonds is 5. The minimum absolute atomic E-state index is 0.0258. The van der Waals surface area contributed by atoms with Crippen LogP contribution in [0.2, 0.25) is 0 Å². The van der Waals surface area contributed by atoms with Crippen molar-refractivity contribution in [2.75, 3.05) is 12.4 Å². The molecule has 1 aromatic carbocycles. The highest BCUT2D eigenvalue weighted by atomic mass is 79.9. The van der Waals surface area contributed by atoms with Crippen LogP contribution in [0.1, 0.15) is 43.6 Å². The molecule has 1 saturated heterocycles. The smallest absolute Gasteiger partial charge is 0.160 e. The van der Waals surface area contributed by atoms with Crippen molar-refractivity contribution in [1.82, 2.24) is 9.88 Å². The quantitative estimate of drug-likeness (QED) is 0.649. The van der Waals surface area contributed by atoms with Gasteiger partial charge < -0.3 is 9.64 Å². The Bertz CT molecular complexity index is 814. The molecule has 1 aromatic heterocycles. The van der Waals surface area contributed by atoms with Crippen LogP contribution < -0.4 is 4.74 Å². The summed E-state index contributed by atoms with van der Waals surface area (Å²) in [5, 5.41) is 1.16. The maximum atomic E-state index is 5.69. The number of ether oxygens (including phenoxy) is 1. The number of aromatic nitrogens is 1. The second-order valence-electron chi connectivity index (χ2n) is 6.46. The fourth-order valence-electron chi connectivity index (χ4n) is 3.68. The number of amidine groups is 1. The van der Waals surface area contributed by atoms with E-state index in [1.165, 1.54) is 5.56 Å². The van der Waals surface area contributed by atoms with E-state index in [-0.39, 0.29) is 12.1 Å². The van der Waals surface area contributed by atoms with E-state index in [1.54, 1.807) is 0 Å². The predicted molar refractivity (Wildman–Crippen MR) is 111 cm³/mol. The lowest BCUT2D eigenvalue weighted by Crippen LogP contribution is -2.35. The van der Waals surface area contributed by atoms with E-state index in [0.29, 0.717) is 12.6 Å². The van der Waals surface area contributed by atoms with Crippen LogP contribution in [-0.4, -0.2) is 33.5 Å². The summed E-state index contributed by atoms with van der Waals surface area (Å²) < 4.78 is 6.68. The molecule has 0 unspecified atom stereocenters. The maximum absolute atomic E-state index is 5.69. The number of aliphatic imine (C=N–C) groups is 1. The zero-order chi connectivity index (χ0) is 18.1. The molecule has 1 fully saturated rings. The van der Waals surface area contributed by atoms with Crippen LogP contribution in [-0.2, 0) is 0 Å². The largest absolute Gasteiger partial charge is 0.493 e. The predicted octanol–water partition coefficient (Wildman–Crippen LogP) is 5.22. The summed E-state index contributed by atoms with van der Waals surface area (Å²) in [6, 6.07) is 13.2. The van der Waals surface area contributed by atoms with E-state index in [0.717, 1.165) is 33.3 Å². The van der Waals surface area contributed by atoms with Crippen molar-refractivity contribution < 1.29 is 4.74 Å². The van der Waals surface area contributed by atoms with E-state index < -0.39 is 0 Å². The third kappa shape index (κ3) is 3.14. The Morgan fingerprint density at radius 1 is 1.27 bits per heavy atom. The Labute approximate surface area is 167 Å². The molecule has 6 heteroatoms. The summed E-state index contributed by atoms with van der Waals surface area (Å²) in [5.41, 5.74) is 2.27. The van der Waals surface area contributed by atoms with Gasteiger partial charge in [-0.05, 0) is 59.1 Å². The summed E-state index contributed by atoms with van der Waals surface area (Å²) in [6.45, 7) is 4.92. The lowest BCUT2D eigenvalue weighted by Gasteiger charge is -2.32. The highest BCUT2D eigenvalue weighted by Crippen LogP contribution is 2.49. The highest BCUT2D eigenvalue weighted by Gasteiger charge is 2.45. The molecule has 0 spiro atoms. The minimum atomic E-state index is 0.0258. The van der Waals surface area contributed by atoms with Gasteiger partial charge in [0.2, 0.25) is 0 Å². The summed E-state index contributed by atoms with van der Waals surface area (Å²) in [5.74, 6) is 1.99. The van der Waals surface area contributed by atoms with Crippen LogP contribution in [0.5, 0.6) is 5.75 Å². The first-order valence-electron chi connectivity index (χ1n) is 9.05. The van der Waals surface area contributed by atoms with Gasteiger partial charge in [0.1, 0.15) is 11.8 Å². The Hall–Kier alpha value is -1.53. The first-order chi connectivity index (χ1) is 12.7. The van der Waals surface area contributed by atoms with Gasteiger partial charge in [0.05, 0.1) is 22.8 Å². The Balaban J connectivity index is 1.76. The normalized spacial score (nSPS) is 24.5. The van der Waals surface area contributed by atoms with Crippen LogP contribution in [0.4, 0.5) is 0 Å². The Kier molecular flexibility index (Phi) is 5.23. The van der Waals surface area contributed by atoms with Gasteiger partial charge in [-0.3, -0.25) is 9.98 Å². The van der Waals surface area contributed by atoms with E-state index in [1.807, 2.05) is 37.0 Å². The first-order valence-corrected chi connectivity index (χ1v) is 10.8. The van der Waals surface area contributed by atoms with Crippen LogP contribution in [0.25, 0.3) is 0 Å². The zero-order valence-electron chi connectivity index (χ0n) is 14.9. The fraction of sp³-hybridized carbons (Fsp3) is 0.400. The van der Waals surface area contributed by atoms with Gasteiger partial charge in [-0.25, -0.2) is 0 Å². The average molecular weight is 432 g/mol. The number of hydrogen-bond acceptors (Lipinski definition) is 5. The summed E-state index contributed by atoms with van der Waals surface area (Å²) in [4.78, 5) is 12.2. The summed E-state index contributed by atoms with van der Waals surface area (Å²) in [7, 11) is 0. The maximum Gasteiger partial charge on any atom is 0.160 e. The van der Waals surface area contributed by atoms with E-state index in [4.69, 9.17) is 9.73 Å². The molecule has 3 heterocycles. The molecule has 3 atom stereocenters. The number of nitrogens with zero attached hydrogens (tertiary/aromatic N) is 3. The first kappa shape index (κ1) is 17.9. The molecular weight excluding hydrogens is 410 g/mol. The molecule has 2 aliphatic heterocycles. The lowest BCUT2D eigenvalue weighted by molar-refractivity contribution is 0.255. The third-order valence-corrected chi connectivity index (χ3v) is 6.67. The van der Waals surface area contributed by atoms with Crippen molar-refractivity contribution in [2.24, 2.45) is 4.99 Å². The molecule has 4 nitrogen and oxygen atoms in total. The molecule has 26 heavy (non-hydrogen) atoms. The topological polar surface area (TPSA) is 37.7 Å². The molecular formula is C20H22BrN3OS. The fourth-order valence-corrected chi connectivity index (χ4v) is 5.53. The van der Waals surface area contributed by atoms with Gasteiger partial charge >= 0.3 is 0 Å². The van der Waals surface area contributed by atoms with Crippen LogP contribution in [0, 0.1) is 0 Å². The van der Waals surface area contributed by atoms with E-state index in [2.05, 4.69) is 57.0 Å². The molecule has 0 aliphatic carbocycles. The molecule has 0 radical (unpaired) electrons.